The first-order chi connectivity index (χ1) is 67.0. The minimum absolute atomic E-state index is 0.0325. The Morgan fingerprint density at radius 2 is 0.655 bits per heavy atom. The van der Waals surface area contributed by atoms with Crippen molar-refractivity contribution in [1.29, 1.82) is 0 Å². The maximum atomic E-state index is 12.9. The van der Waals surface area contributed by atoms with Crippen molar-refractivity contribution in [2.45, 2.75) is 85.5 Å². The summed E-state index contributed by atoms with van der Waals surface area (Å²) in [7, 11) is 0. The van der Waals surface area contributed by atoms with E-state index in [1.807, 2.05) is 83.6 Å². The number of carbonyl (C=O) groups excluding carboxylic acids is 9. The number of aromatic hydroxyl groups is 3. The van der Waals surface area contributed by atoms with E-state index < -0.39 is 0 Å². The summed E-state index contributed by atoms with van der Waals surface area (Å²) in [5.74, 6) is -0.639. The molecule has 15 rings (SSSR count). The molecule has 3 aliphatic heterocycles. The molecule has 139 heavy (non-hydrogen) atoms. The largest absolute Gasteiger partial charge is 0.506 e. The van der Waals surface area contributed by atoms with Crippen molar-refractivity contribution in [3.63, 3.8) is 0 Å². The second-order valence-corrected chi connectivity index (χ2v) is 42.0. The highest BCUT2D eigenvalue weighted by atomic mass is 79.9. The smallest absolute Gasteiger partial charge is 0.251 e. The van der Waals surface area contributed by atoms with Gasteiger partial charge in [0.25, 0.3) is 17.7 Å². The molecule has 6 aromatic carbocycles. The lowest BCUT2D eigenvalue weighted by Crippen LogP contribution is -2.41. The van der Waals surface area contributed by atoms with E-state index >= 15 is 0 Å². The lowest BCUT2D eigenvalue weighted by molar-refractivity contribution is 0.0382. The molecule has 3 aliphatic rings. The number of nitrogens with zero attached hydrogens (tertiary/aromatic N) is 6. The van der Waals surface area contributed by atoms with Gasteiger partial charge in [-0.3, -0.25) is 72.8 Å². The summed E-state index contributed by atoms with van der Waals surface area (Å²) in [6, 6.07) is 53.1. The third-order valence-electron chi connectivity index (χ3n) is 23.6. The summed E-state index contributed by atoms with van der Waals surface area (Å²) in [6.45, 7) is 25.4. The molecule has 3 saturated heterocycles. The number of ether oxygens (including phenoxy) is 3. The summed E-state index contributed by atoms with van der Waals surface area (Å²) in [4.78, 5) is 140. The Hall–Kier alpha value is -10.8. The second-order valence-electron chi connectivity index (χ2n) is 34.4. The van der Waals surface area contributed by atoms with E-state index in [9.17, 15) is 58.5 Å². The van der Waals surface area contributed by atoms with Gasteiger partial charge >= 0.3 is 0 Å². The van der Waals surface area contributed by atoms with Gasteiger partial charge in [-0.25, -0.2) is 0 Å². The van der Waals surface area contributed by atoms with Crippen LogP contribution in [-0.4, -0.2) is 237 Å². The van der Waals surface area contributed by atoms with Crippen LogP contribution in [0.4, 0.5) is 0 Å². The predicted molar refractivity (Wildman–Crippen MR) is 564 cm³/mol. The molecule has 0 unspecified atom stereocenters. The maximum Gasteiger partial charge on any atom is 0.251 e. The fourth-order valence-electron chi connectivity index (χ4n) is 15.1. The standard InChI is InChI=1S/C38H43N3O5S2.C34H34BrN3O5S2.C34H33Cl2N3O5S2/c1-25(30-24-47-36(35(30)44)27-10-12-29(13-11-27)38(2,3)4)40-23-32(43)34-16-15-33(48-34)31(42)14-7-26-5-8-28(9-6-26)37(45)39-17-18-41-19-21-46-22-20-41;1-22(27-21-44-33(32(27)41)24-7-9-26(35)10-8-24)37-20-29(40)31-13-12-30(45-31)28(39)11-4-23-2-5-25(6-3-23)34(42)36-14-15-38-16-18-43-19-17-38;1-21(25-20-45-33(32(25)42)24-7-8-26(35)27(36)18-24)38-19-29(41)31-11-10-30(46-31)28(40)9-4-22-2-5-23(6-3-22)34(43)37-12-13-39-14-16-44-17-15-39/h5-6,8-13,15-16,24,44H,7,14,17-23H2,1-4H3,(H,39,45);2-3,5-10,12-13,21,41H,4,11,14-20H2,1H3,(H,36,42);2-3,5-8,10-11,18,20,42H,4,9,12-17,19H2,1H3,(H,37,43). The highest BCUT2D eigenvalue weighted by Gasteiger charge is 2.26. The number of morpholine rings is 3. The lowest BCUT2D eigenvalue weighted by atomic mass is 9.86. The molecule has 0 radical (unpaired) electrons. The van der Waals surface area contributed by atoms with Crippen LogP contribution in [0, 0.1) is 0 Å². The molecule has 0 aliphatic carbocycles. The highest BCUT2D eigenvalue weighted by molar-refractivity contribution is 9.10. The number of ketones is 6. The molecule has 12 aromatic rings. The van der Waals surface area contributed by atoms with E-state index in [1.165, 1.54) is 62.2 Å². The Kier molecular flexibility index (Phi) is 39.1. The SMILES string of the molecule is CC(=NCC(=O)c1ccc(C(=O)CCc2ccc(C(=O)NCCN3CCOCC3)cc2)s1)c1csc(-c2ccc(Br)cc2)c1O.CC(=NCC(=O)c1ccc(C(=O)CCc2ccc(C(=O)NCCN3CCOCC3)cc2)s1)c1csc(-c2ccc(C(C)(C)C)cc2)c1O.CC(=NCC(=O)c1ccc(C(=O)CCc2ccc(C(=O)NCCN3CCOCC3)cc2)s1)c1csc(-c2ccc(Cl)c(Cl)c2)c1O. The number of thiophene rings is 6. The second kappa shape index (κ2) is 51.6. The predicted octanol–water partition coefficient (Wildman–Crippen LogP) is 20.6. The average Bonchev–Trinajstić information content (AvgIpc) is 1.69. The van der Waals surface area contributed by atoms with E-state index in [4.69, 9.17) is 37.4 Å². The Bertz CT molecular complexity index is 6390. The molecule has 6 aromatic heterocycles. The van der Waals surface area contributed by atoms with E-state index in [0.717, 1.165) is 157 Å². The minimum atomic E-state index is -0.207. The van der Waals surface area contributed by atoms with Crippen LogP contribution >= 0.6 is 107 Å². The van der Waals surface area contributed by atoms with Gasteiger partial charge in [0.2, 0.25) is 0 Å². The normalized spacial score (nSPS) is 14.0. The van der Waals surface area contributed by atoms with Gasteiger partial charge in [-0.05, 0) is 181 Å². The zero-order valence-corrected chi connectivity index (χ0v) is 86.1. The van der Waals surface area contributed by atoms with Crippen LogP contribution in [0.3, 0.4) is 0 Å². The zero-order valence-electron chi connectivity index (χ0n) is 78.1. The van der Waals surface area contributed by atoms with Crippen LogP contribution in [0.25, 0.3) is 31.3 Å². The van der Waals surface area contributed by atoms with Crippen LogP contribution in [0.1, 0.15) is 189 Å². The number of halogens is 3. The van der Waals surface area contributed by atoms with Gasteiger partial charge in [0.05, 0.1) is 93.6 Å². The fourth-order valence-corrected chi connectivity index (χ4v) is 21.4. The van der Waals surface area contributed by atoms with Crippen molar-refractivity contribution in [3.05, 3.63) is 291 Å². The first-order valence-corrected chi connectivity index (χ1v) is 52.4. The number of aryl methyl sites for hydroxylation is 3. The van der Waals surface area contributed by atoms with Crippen LogP contribution in [0.2, 0.25) is 10.0 Å². The number of hydrogen-bond donors (Lipinski definition) is 6. The zero-order chi connectivity index (χ0) is 98.7. The van der Waals surface area contributed by atoms with Gasteiger partial charge in [-0.1, -0.05) is 139 Å². The summed E-state index contributed by atoms with van der Waals surface area (Å²) in [5, 5.41) is 47.8. The van der Waals surface area contributed by atoms with Crippen molar-refractivity contribution in [3.8, 4) is 48.6 Å². The van der Waals surface area contributed by atoms with E-state index in [-0.39, 0.29) is 101 Å². The quantitative estimate of drug-likeness (QED) is 0.0154. The maximum absolute atomic E-state index is 12.9. The number of Topliss-reactive ketones (excluding diaryl/α,β-unsaturated/α-hetero) is 6. The fraction of sp³-hybridized carbons (Fsp3) is 0.321. The molecule has 3 amide bonds. The monoisotopic (exact) mass is 2090 g/mol. The number of aliphatic imine (C=N–C) groups is 3. The number of benzene rings is 6. The lowest BCUT2D eigenvalue weighted by Gasteiger charge is -2.26. The molecular weight excluding hydrogens is 1980 g/mol. The van der Waals surface area contributed by atoms with Crippen LogP contribution in [-0.2, 0) is 38.9 Å². The number of hydrogen-bond acceptors (Lipinski definition) is 27. The highest BCUT2D eigenvalue weighted by Crippen LogP contribution is 2.43. The van der Waals surface area contributed by atoms with Crippen LogP contribution in [0.5, 0.6) is 17.2 Å². The third kappa shape index (κ3) is 30.4. The van der Waals surface area contributed by atoms with Crippen molar-refractivity contribution in [1.82, 2.24) is 30.7 Å². The first kappa shape index (κ1) is 106. The Morgan fingerprint density at radius 1 is 0.374 bits per heavy atom. The van der Waals surface area contributed by atoms with E-state index in [1.54, 1.807) is 117 Å². The van der Waals surface area contributed by atoms with Crippen molar-refractivity contribution >= 4 is 177 Å². The van der Waals surface area contributed by atoms with Crippen molar-refractivity contribution in [2.75, 3.05) is 138 Å². The molecule has 726 valence electrons. The van der Waals surface area contributed by atoms with Crippen LogP contribution in [0.15, 0.2) is 212 Å². The molecular formula is C106H110BrCl2N9O15S6. The molecule has 0 saturated carbocycles. The minimum Gasteiger partial charge on any atom is -0.506 e. The van der Waals surface area contributed by atoms with Gasteiger partial charge < -0.3 is 45.5 Å². The number of amides is 3. The van der Waals surface area contributed by atoms with Gasteiger partial charge in [-0.15, -0.1) is 68.0 Å². The van der Waals surface area contributed by atoms with Gasteiger partial charge in [0.15, 0.2) is 34.7 Å². The molecule has 24 nitrogen and oxygen atoms in total. The van der Waals surface area contributed by atoms with Gasteiger partial charge in [0.1, 0.15) is 36.9 Å². The molecule has 6 N–H and O–H groups in total. The summed E-state index contributed by atoms with van der Waals surface area (Å²) >= 11 is 23.3. The molecule has 9 heterocycles. The molecule has 33 heteroatoms. The van der Waals surface area contributed by atoms with Crippen molar-refractivity contribution < 1.29 is 72.7 Å². The molecule has 0 spiro atoms. The Morgan fingerprint density at radius 3 is 0.950 bits per heavy atom. The average molecular weight is 2090 g/mol. The van der Waals surface area contributed by atoms with Crippen molar-refractivity contribution in [2.24, 2.45) is 15.0 Å². The Balaban J connectivity index is 0.000000176. The molecule has 3 fully saturated rings. The molecule has 0 atom stereocenters. The van der Waals surface area contributed by atoms with E-state index in [0.29, 0.717) is 146 Å². The summed E-state index contributed by atoms with van der Waals surface area (Å²) in [5.41, 5.74) is 11.9. The van der Waals surface area contributed by atoms with Gasteiger partial charge in [0, 0.05) is 169 Å². The number of rotatable bonds is 39. The molecule has 0 bridgehead atoms. The summed E-state index contributed by atoms with van der Waals surface area (Å²) in [6.07, 6.45) is 2.49. The van der Waals surface area contributed by atoms with E-state index in [2.05, 4.69) is 94.5 Å². The Labute approximate surface area is 851 Å². The van der Waals surface area contributed by atoms with Crippen LogP contribution < -0.4 is 16.0 Å². The number of carbonyl (C=O) groups is 9. The third-order valence-corrected chi connectivity index (χ3v) is 31.5. The number of nitrogens with one attached hydrogen (secondary N) is 3. The first-order valence-electron chi connectivity index (χ1n) is 45.8. The topological polar surface area (TPSA) is 325 Å². The summed E-state index contributed by atoms with van der Waals surface area (Å²) < 4.78 is 17.0. The van der Waals surface area contributed by atoms with Gasteiger partial charge in [-0.2, -0.15) is 0 Å².